The van der Waals surface area contributed by atoms with Crippen molar-refractivity contribution in [2.45, 2.75) is 20.8 Å². The van der Waals surface area contributed by atoms with Crippen LogP contribution in [-0.2, 0) is 9.36 Å². The summed E-state index contributed by atoms with van der Waals surface area (Å²) in [5.74, 6) is 0. The Hall–Kier alpha value is -0.920. The Morgan fingerprint density at radius 1 is 1.21 bits per heavy atom. The first-order valence-corrected chi connectivity index (χ1v) is 5.98. The normalized spacial score (nSPS) is 14.9. The molecule has 1 aromatic rings. The molecule has 0 aromatic heterocycles. The van der Waals surface area contributed by atoms with Crippen LogP contribution in [0, 0.1) is 20.8 Å². The van der Waals surface area contributed by atoms with E-state index in [1.54, 1.807) is 26.0 Å². The highest BCUT2D eigenvalue weighted by atomic mass is 31.2. The van der Waals surface area contributed by atoms with E-state index < -0.39 is 7.37 Å². The fourth-order valence-corrected chi connectivity index (χ4v) is 2.98. The summed E-state index contributed by atoms with van der Waals surface area (Å²) in [6, 6.07) is 3.74. The van der Waals surface area contributed by atoms with Crippen molar-refractivity contribution in [1.82, 2.24) is 0 Å². The maximum atomic E-state index is 11.5. The highest BCUT2D eigenvalue weighted by molar-refractivity contribution is 7.80. The quantitative estimate of drug-likeness (QED) is 0.599. The standard InChI is InChI=1S/C10H13O3P/c1-7-4-8(2)10(9(3)5-7)14(12,13)6-11/h4-6H,1-3H3,(H,12,13). The molecule has 0 aliphatic carbocycles. The van der Waals surface area contributed by atoms with Gasteiger partial charge in [0.25, 0.3) is 7.37 Å². The number of aryl methyl sites for hydroxylation is 3. The second-order valence-electron chi connectivity index (χ2n) is 3.48. The lowest BCUT2D eigenvalue weighted by atomic mass is 10.1. The predicted octanol–water partition coefficient (Wildman–Crippen LogP) is 1.70. The molecule has 1 N–H and O–H groups in total. The monoisotopic (exact) mass is 212 g/mol. The lowest BCUT2D eigenvalue weighted by molar-refractivity contribution is 0.492. The first-order chi connectivity index (χ1) is 6.38. The Balaban J connectivity index is 3.50. The second kappa shape index (κ2) is 3.68. The lowest BCUT2D eigenvalue weighted by Crippen LogP contribution is -2.13. The Labute approximate surface area is 83.2 Å². The number of benzene rings is 1. The average molecular weight is 212 g/mol. The summed E-state index contributed by atoms with van der Waals surface area (Å²) in [7, 11) is -3.80. The lowest BCUT2D eigenvalue weighted by Gasteiger charge is -2.12. The molecule has 0 amide bonds. The number of hydrogen-bond donors (Lipinski definition) is 1. The molecule has 0 radical (unpaired) electrons. The van der Waals surface area contributed by atoms with E-state index in [9.17, 15) is 14.3 Å². The van der Waals surface area contributed by atoms with Gasteiger partial charge in [0.2, 0.25) is 6.03 Å². The van der Waals surface area contributed by atoms with Crippen molar-refractivity contribution in [3.8, 4) is 0 Å². The van der Waals surface area contributed by atoms with Gasteiger partial charge in [-0.1, -0.05) is 17.7 Å². The van der Waals surface area contributed by atoms with Crippen LogP contribution in [0.25, 0.3) is 0 Å². The molecule has 0 aliphatic heterocycles. The van der Waals surface area contributed by atoms with E-state index in [4.69, 9.17) is 0 Å². The molecular weight excluding hydrogens is 199 g/mol. The van der Waals surface area contributed by atoms with Gasteiger partial charge in [-0.15, -0.1) is 0 Å². The summed E-state index contributed by atoms with van der Waals surface area (Å²) in [5, 5.41) is 0.276. The Morgan fingerprint density at radius 3 is 2.00 bits per heavy atom. The number of hydrogen-bond acceptors (Lipinski definition) is 2. The van der Waals surface area contributed by atoms with Crippen LogP contribution >= 0.6 is 7.37 Å². The molecular formula is C10H13O3P. The fourth-order valence-electron chi connectivity index (χ4n) is 1.73. The maximum Gasteiger partial charge on any atom is 0.290 e. The number of rotatable bonds is 2. The first-order valence-electron chi connectivity index (χ1n) is 4.25. The zero-order valence-corrected chi connectivity index (χ0v) is 9.34. The van der Waals surface area contributed by atoms with Gasteiger partial charge in [-0.05, 0) is 31.9 Å². The van der Waals surface area contributed by atoms with Gasteiger partial charge in [-0.25, -0.2) is 0 Å². The maximum absolute atomic E-state index is 11.5. The largest absolute Gasteiger partial charge is 0.336 e. The summed E-state index contributed by atoms with van der Waals surface area (Å²) in [6.45, 7) is 5.39. The van der Waals surface area contributed by atoms with E-state index >= 15 is 0 Å². The topological polar surface area (TPSA) is 54.4 Å². The van der Waals surface area contributed by atoms with Gasteiger partial charge in [0.05, 0.1) is 0 Å². The molecule has 1 aromatic carbocycles. The van der Waals surface area contributed by atoms with E-state index in [1.165, 1.54) is 0 Å². The first kappa shape index (κ1) is 11.2. The molecule has 1 rings (SSSR count). The van der Waals surface area contributed by atoms with Gasteiger partial charge in [-0.2, -0.15) is 0 Å². The van der Waals surface area contributed by atoms with Crippen LogP contribution in [0.3, 0.4) is 0 Å². The number of carbonyl (C=O) groups is 1. The van der Waals surface area contributed by atoms with Crippen molar-refractivity contribution in [2.75, 3.05) is 0 Å². The van der Waals surface area contributed by atoms with E-state index in [2.05, 4.69) is 0 Å². The minimum atomic E-state index is -3.80. The predicted molar refractivity (Wildman–Crippen MR) is 56.9 cm³/mol. The third-order valence-electron chi connectivity index (χ3n) is 2.10. The van der Waals surface area contributed by atoms with Gasteiger partial charge in [0, 0.05) is 5.30 Å². The minimum Gasteiger partial charge on any atom is -0.336 e. The molecule has 3 nitrogen and oxygen atoms in total. The third-order valence-corrected chi connectivity index (χ3v) is 3.73. The van der Waals surface area contributed by atoms with E-state index in [1.807, 2.05) is 6.92 Å². The van der Waals surface area contributed by atoms with Crippen molar-refractivity contribution < 1.29 is 14.3 Å². The molecule has 0 saturated heterocycles. The summed E-state index contributed by atoms with van der Waals surface area (Å²) >= 11 is 0. The third kappa shape index (κ3) is 1.94. The van der Waals surface area contributed by atoms with E-state index in [0.717, 1.165) is 5.56 Å². The van der Waals surface area contributed by atoms with Crippen LogP contribution in [0.15, 0.2) is 12.1 Å². The SMILES string of the molecule is Cc1cc(C)c(P(=O)(O)C=O)c(C)c1. The molecule has 1 atom stereocenters. The van der Waals surface area contributed by atoms with Gasteiger partial charge in [0.1, 0.15) is 0 Å². The van der Waals surface area contributed by atoms with E-state index in [0.29, 0.717) is 11.1 Å². The summed E-state index contributed by atoms with van der Waals surface area (Å²) in [5.41, 5.74) is 2.41. The molecule has 1 unspecified atom stereocenters. The smallest absolute Gasteiger partial charge is 0.290 e. The highest BCUT2D eigenvalue weighted by Gasteiger charge is 2.24. The molecule has 0 bridgehead atoms. The van der Waals surface area contributed by atoms with Crippen LogP contribution < -0.4 is 5.30 Å². The van der Waals surface area contributed by atoms with Crippen LogP contribution in [0.5, 0.6) is 0 Å². The van der Waals surface area contributed by atoms with Crippen molar-refractivity contribution in [1.29, 1.82) is 0 Å². The molecule has 0 fully saturated rings. The highest BCUT2D eigenvalue weighted by Crippen LogP contribution is 2.37. The molecule has 0 aliphatic rings. The molecule has 76 valence electrons. The zero-order valence-electron chi connectivity index (χ0n) is 8.44. The van der Waals surface area contributed by atoms with Crippen LogP contribution in [0.4, 0.5) is 0 Å². The summed E-state index contributed by atoms with van der Waals surface area (Å²) < 4.78 is 11.5. The van der Waals surface area contributed by atoms with E-state index in [-0.39, 0.29) is 11.3 Å². The van der Waals surface area contributed by atoms with Gasteiger partial charge >= 0.3 is 0 Å². The average Bonchev–Trinajstić information content (AvgIpc) is 2.01. The van der Waals surface area contributed by atoms with Crippen molar-refractivity contribution in [2.24, 2.45) is 0 Å². The summed E-state index contributed by atoms with van der Waals surface area (Å²) in [4.78, 5) is 19.9. The van der Waals surface area contributed by atoms with Crippen LogP contribution in [0.2, 0.25) is 0 Å². The van der Waals surface area contributed by atoms with Crippen molar-refractivity contribution in [3.05, 3.63) is 28.8 Å². The molecule has 4 heteroatoms. The fraction of sp³-hybridized carbons (Fsp3) is 0.300. The van der Waals surface area contributed by atoms with Crippen LogP contribution in [0.1, 0.15) is 16.7 Å². The Morgan fingerprint density at radius 2 is 1.64 bits per heavy atom. The zero-order chi connectivity index (χ0) is 10.9. The molecule has 0 saturated carbocycles. The molecule has 0 heterocycles. The van der Waals surface area contributed by atoms with Crippen LogP contribution in [-0.4, -0.2) is 10.9 Å². The number of carbonyl (C=O) groups excluding carboxylic acids is 1. The Kier molecular flexibility index (Phi) is 2.93. The molecule has 14 heavy (non-hydrogen) atoms. The molecule has 0 spiro atoms. The van der Waals surface area contributed by atoms with Crippen molar-refractivity contribution in [3.63, 3.8) is 0 Å². The van der Waals surface area contributed by atoms with Gasteiger partial charge in [-0.3, -0.25) is 9.36 Å². The Bertz CT molecular complexity index is 400. The second-order valence-corrected chi connectivity index (χ2v) is 5.38. The van der Waals surface area contributed by atoms with Crippen molar-refractivity contribution >= 4 is 18.7 Å². The summed E-state index contributed by atoms with van der Waals surface area (Å²) in [6.07, 6.45) is 0. The minimum absolute atomic E-state index is 0.137. The van der Waals surface area contributed by atoms with Gasteiger partial charge < -0.3 is 4.89 Å². The van der Waals surface area contributed by atoms with Gasteiger partial charge in [0.15, 0.2) is 0 Å².